The first-order chi connectivity index (χ1) is 10.8. The first kappa shape index (κ1) is 17.7. The van der Waals surface area contributed by atoms with E-state index in [-0.39, 0.29) is 17.9 Å². The Labute approximate surface area is 136 Å². The standard InChI is InChI=1S/C15H22FN3O3S/c1-23(21,22)19-10-2-3-14(11-19)18-15(20)17-9-8-12-4-6-13(16)7-5-12/h4-7,14H,2-3,8-11H2,1H3,(H2,17,18,20)/t14-/m1/s1. The third-order valence-electron chi connectivity index (χ3n) is 3.80. The zero-order chi connectivity index (χ0) is 16.9. The summed E-state index contributed by atoms with van der Waals surface area (Å²) in [6, 6.07) is 5.64. The second-order valence-electron chi connectivity index (χ2n) is 5.74. The quantitative estimate of drug-likeness (QED) is 0.840. The van der Waals surface area contributed by atoms with Crippen LogP contribution in [0.25, 0.3) is 0 Å². The number of hydrogen-bond acceptors (Lipinski definition) is 3. The molecule has 2 N–H and O–H groups in total. The Hall–Kier alpha value is -1.67. The Kier molecular flexibility index (Phi) is 5.95. The van der Waals surface area contributed by atoms with Crippen LogP contribution in [0.1, 0.15) is 18.4 Å². The molecule has 0 radical (unpaired) electrons. The maximum atomic E-state index is 12.8. The predicted molar refractivity (Wildman–Crippen MR) is 86.1 cm³/mol. The van der Waals surface area contributed by atoms with Crippen molar-refractivity contribution in [3.8, 4) is 0 Å². The number of hydrogen-bond donors (Lipinski definition) is 2. The highest BCUT2D eigenvalue weighted by Gasteiger charge is 2.26. The lowest BCUT2D eigenvalue weighted by Crippen LogP contribution is -2.51. The van der Waals surface area contributed by atoms with Gasteiger partial charge in [-0.3, -0.25) is 0 Å². The van der Waals surface area contributed by atoms with Crippen molar-refractivity contribution < 1.29 is 17.6 Å². The highest BCUT2D eigenvalue weighted by Crippen LogP contribution is 2.12. The summed E-state index contributed by atoms with van der Waals surface area (Å²) < 4.78 is 37.3. The number of halogens is 1. The van der Waals surface area contributed by atoms with E-state index in [9.17, 15) is 17.6 Å². The van der Waals surface area contributed by atoms with Crippen LogP contribution in [0.4, 0.5) is 9.18 Å². The molecule has 0 unspecified atom stereocenters. The summed E-state index contributed by atoms with van der Waals surface area (Å²) in [5.74, 6) is -0.285. The lowest BCUT2D eigenvalue weighted by molar-refractivity contribution is 0.226. The molecule has 128 valence electrons. The summed E-state index contributed by atoms with van der Waals surface area (Å²) in [4.78, 5) is 11.9. The maximum absolute atomic E-state index is 12.8. The van der Waals surface area contributed by atoms with Crippen molar-refractivity contribution in [2.24, 2.45) is 0 Å². The summed E-state index contributed by atoms with van der Waals surface area (Å²) in [6.07, 6.45) is 3.27. The molecule has 0 bridgehead atoms. The van der Waals surface area contributed by atoms with Crippen molar-refractivity contribution in [3.63, 3.8) is 0 Å². The maximum Gasteiger partial charge on any atom is 0.315 e. The number of piperidine rings is 1. The average Bonchev–Trinajstić information content (AvgIpc) is 2.49. The van der Waals surface area contributed by atoms with E-state index in [1.54, 1.807) is 12.1 Å². The van der Waals surface area contributed by atoms with Gasteiger partial charge in [0.2, 0.25) is 10.0 Å². The molecule has 6 nitrogen and oxygen atoms in total. The average molecular weight is 343 g/mol. The van der Waals surface area contributed by atoms with Crippen LogP contribution < -0.4 is 10.6 Å². The monoisotopic (exact) mass is 343 g/mol. The van der Waals surface area contributed by atoms with E-state index in [0.717, 1.165) is 18.4 Å². The van der Waals surface area contributed by atoms with Gasteiger partial charge in [-0.1, -0.05) is 12.1 Å². The van der Waals surface area contributed by atoms with Gasteiger partial charge in [0.05, 0.1) is 6.26 Å². The van der Waals surface area contributed by atoms with Crippen LogP contribution in [0.2, 0.25) is 0 Å². The molecule has 1 atom stereocenters. The summed E-state index contributed by atoms with van der Waals surface area (Å²) in [5.41, 5.74) is 0.938. The molecule has 1 saturated heterocycles. The number of benzene rings is 1. The molecule has 1 heterocycles. The fraction of sp³-hybridized carbons (Fsp3) is 0.533. The number of carbonyl (C=O) groups excluding carboxylic acids is 1. The van der Waals surface area contributed by atoms with Crippen molar-refractivity contribution in [3.05, 3.63) is 35.6 Å². The van der Waals surface area contributed by atoms with Gasteiger partial charge < -0.3 is 10.6 Å². The van der Waals surface area contributed by atoms with E-state index in [4.69, 9.17) is 0 Å². The number of urea groups is 1. The van der Waals surface area contributed by atoms with Gasteiger partial charge in [-0.2, -0.15) is 0 Å². The fourth-order valence-electron chi connectivity index (χ4n) is 2.57. The highest BCUT2D eigenvalue weighted by molar-refractivity contribution is 7.88. The van der Waals surface area contributed by atoms with Gasteiger partial charge in [-0.25, -0.2) is 21.9 Å². The fourth-order valence-corrected chi connectivity index (χ4v) is 3.48. The van der Waals surface area contributed by atoms with Gasteiger partial charge in [0, 0.05) is 25.7 Å². The second-order valence-corrected chi connectivity index (χ2v) is 7.72. The number of sulfonamides is 1. The molecule has 23 heavy (non-hydrogen) atoms. The third-order valence-corrected chi connectivity index (χ3v) is 5.07. The van der Waals surface area contributed by atoms with E-state index < -0.39 is 10.0 Å². The largest absolute Gasteiger partial charge is 0.338 e. The van der Waals surface area contributed by atoms with Crippen molar-refractivity contribution in [2.45, 2.75) is 25.3 Å². The molecule has 0 spiro atoms. The topological polar surface area (TPSA) is 78.5 Å². The van der Waals surface area contributed by atoms with Gasteiger partial charge in [-0.05, 0) is 37.0 Å². The SMILES string of the molecule is CS(=O)(=O)N1CCC[C@@H](NC(=O)NCCc2ccc(F)cc2)C1. The van der Waals surface area contributed by atoms with E-state index in [1.807, 2.05) is 0 Å². The Morgan fingerprint density at radius 2 is 2.04 bits per heavy atom. The molecule has 1 fully saturated rings. The molecular weight excluding hydrogens is 321 g/mol. The Bertz CT molecular complexity index is 634. The molecular formula is C15H22FN3O3S. The Balaban J connectivity index is 1.73. The normalized spacial score (nSPS) is 19.3. The zero-order valence-electron chi connectivity index (χ0n) is 13.1. The van der Waals surface area contributed by atoms with E-state index in [1.165, 1.54) is 22.7 Å². The van der Waals surface area contributed by atoms with Crippen molar-refractivity contribution in [1.82, 2.24) is 14.9 Å². The second kappa shape index (κ2) is 7.74. The molecule has 0 aliphatic carbocycles. The summed E-state index contributed by atoms with van der Waals surface area (Å²) in [6.45, 7) is 1.24. The van der Waals surface area contributed by atoms with Crippen LogP contribution >= 0.6 is 0 Å². The van der Waals surface area contributed by atoms with Crippen LogP contribution in [0.5, 0.6) is 0 Å². The molecule has 1 aromatic carbocycles. The lowest BCUT2D eigenvalue weighted by atomic mass is 10.1. The van der Waals surface area contributed by atoms with Crippen LogP contribution in [0.3, 0.4) is 0 Å². The Morgan fingerprint density at radius 1 is 1.35 bits per heavy atom. The van der Waals surface area contributed by atoms with Crippen LogP contribution in [0, 0.1) is 5.82 Å². The molecule has 1 aromatic rings. The molecule has 1 aliphatic rings. The molecule has 0 saturated carbocycles. The minimum Gasteiger partial charge on any atom is -0.338 e. The molecule has 2 amide bonds. The minimum atomic E-state index is -3.22. The molecule has 8 heteroatoms. The van der Waals surface area contributed by atoms with Gasteiger partial charge in [-0.15, -0.1) is 0 Å². The third kappa shape index (κ3) is 5.80. The first-order valence-electron chi connectivity index (χ1n) is 7.58. The van der Waals surface area contributed by atoms with Crippen LogP contribution in [0.15, 0.2) is 24.3 Å². The minimum absolute atomic E-state index is 0.177. The zero-order valence-corrected chi connectivity index (χ0v) is 13.9. The predicted octanol–water partition coefficient (Wildman–Crippen LogP) is 1.09. The summed E-state index contributed by atoms with van der Waals surface area (Å²) >= 11 is 0. The number of nitrogens with zero attached hydrogens (tertiary/aromatic N) is 1. The molecule has 0 aromatic heterocycles. The van der Waals surface area contributed by atoms with Gasteiger partial charge in [0.1, 0.15) is 5.82 Å². The number of nitrogens with one attached hydrogen (secondary N) is 2. The van der Waals surface area contributed by atoms with Gasteiger partial charge >= 0.3 is 6.03 Å². The first-order valence-corrected chi connectivity index (χ1v) is 9.43. The number of carbonyl (C=O) groups is 1. The molecule has 1 aliphatic heterocycles. The van der Waals surface area contributed by atoms with E-state index >= 15 is 0 Å². The smallest absolute Gasteiger partial charge is 0.315 e. The number of rotatable bonds is 5. The van der Waals surface area contributed by atoms with Crippen LogP contribution in [-0.4, -0.2) is 50.7 Å². The lowest BCUT2D eigenvalue weighted by Gasteiger charge is -2.31. The Morgan fingerprint density at radius 3 is 2.70 bits per heavy atom. The number of amides is 2. The van der Waals surface area contributed by atoms with Crippen molar-refractivity contribution in [2.75, 3.05) is 25.9 Å². The van der Waals surface area contributed by atoms with Crippen molar-refractivity contribution >= 4 is 16.1 Å². The van der Waals surface area contributed by atoms with E-state index in [0.29, 0.717) is 26.1 Å². The molecule has 2 rings (SSSR count). The summed E-state index contributed by atoms with van der Waals surface area (Å²) in [5, 5.41) is 5.54. The van der Waals surface area contributed by atoms with Crippen LogP contribution in [-0.2, 0) is 16.4 Å². The summed E-state index contributed by atoms with van der Waals surface area (Å²) in [7, 11) is -3.22. The van der Waals surface area contributed by atoms with Gasteiger partial charge in [0.15, 0.2) is 0 Å². The van der Waals surface area contributed by atoms with Gasteiger partial charge in [0.25, 0.3) is 0 Å². The highest BCUT2D eigenvalue weighted by atomic mass is 32.2. The van der Waals surface area contributed by atoms with E-state index in [2.05, 4.69) is 10.6 Å². The van der Waals surface area contributed by atoms with Crippen molar-refractivity contribution in [1.29, 1.82) is 0 Å².